The molecule has 1 atom stereocenters. The molecule has 0 bridgehead atoms. The summed E-state index contributed by atoms with van der Waals surface area (Å²) in [6.45, 7) is 1.42. The zero-order valence-electron chi connectivity index (χ0n) is 14.7. The topological polar surface area (TPSA) is 93.1 Å². The summed E-state index contributed by atoms with van der Waals surface area (Å²) >= 11 is 0. The van der Waals surface area contributed by atoms with Crippen molar-refractivity contribution < 1.29 is 36.0 Å². The van der Waals surface area contributed by atoms with Gasteiger partial charge in [0.05, 0.1) is 21.6 Å². The van der Waals surface area contributed by atoms with E-state index in [1.54, 1.807) is 0 Å². The first-order valence-electron chi connectivity index (χ1n) is 7.93. The predicted octanol–water partition coefficient (Wildman–Crippen LogP) is 3.95. The van der Waals surface area contributed by atoms with Gasteiger partial charge in [0, 0.05) is 12.7 Å². The maximum absolute atomic E-state index is 13.2. The second-order valence-corrected chi connectivity index (χ2v) is 6.16. The Morgan fingerprint density at radius 3 is 2.14 bits per heavy atom. The Balaban J connectivity index is 2.36. The Hall–Kier alpha value is -3.25. The van der Waals surface area contributed by atoms with Crippen LogP contribution in [-0.2, 0) is 12.4 Å². The molecule has 1 aliphatic rings. The third-order valence-electron chi connectivity index (χ3n) is 4.32. The number of hydrogen-bond donors (Lipinski definition) is 2. The van der Waals surface area contributed by atoms with E-state index in [-0.39, 0.29) is 23.2 Å². The lowest BCUT2D eigenvalue weighted by Gasteiger charge is -2.24. The van der Waals surface area contributed by atoms with Crippen molar-refractivity contribution in [2.75, 3.05) is 7.05 Å². The first-order chi connectivity index (χ1) is 13.3. The molecule has 0 fully saturated rings. The van der Waals surface area contributed by atoms with Gasteiger partial charge >= 0.3 is 18.0 Å². The Bertz CT molecular complexity index is 977. The highest BCUT2D eigenvalue weighted by Crippen LogP contribution is 2.46. The summed E-state index contributed by atoms with van der Waals surface area (Å²) in [6, 6.07) is 0.872. The maximum Gasteiger partial charge on any atom is 0.416 e. The molecule has 156 valence electrons. The van der Waals surface area contributed by atoms with Crippen LogP contribution in [-0.4, -0.2) is 22.2 Å². The number of fused-ring (bicyclic) bond motifs is 1. The van der Waals surface area contributed by atoms with Crippen molar-refractivity contribution in [3.8, 4) is 5.88 Å². The molecule has 1 unspecified atom stereocenters. The van der Waals surface area contributed by atoms with Gasteiger partial charge in [-0.1, -0.05) is 0 Å². The molecular weight excluding hydrogens is 410 g/mol. The molecule has 1 aromatic heterocycles. The van der Waals surface area contributed by atoms with E-state index in [2.05, 4.69) is 15.5 Å². The lowest BCUT2D eigenvalue weighted by Crippen LogP contribution is -2.28. The van der Waals surface area contributed by atoms with Gasteiger partial charge in [-0.05, 0) is 30.7 Å². The van der Waals surface area contributed by atoms with E-state index < -0.39 is 51.5 Å². The number of alkyl halides is 6. The SMILES string of the molecule is CNC1=C([N+](=O)[O-])C(c2cc(C(F)(F)F)cc(C(F)(F)F)c2)c2c(n[nH]c2C)O1. The number of aromatic nitrogens is 2. The molecule has 0 saturated heterocycles. The number of aromatic amines is 1. The lowest BCUT2D eigenvalue weighted by atomic mass is 9.85. The van der Waals surface area contributed by atoms with Crippen LogP contribution in [0.1, 0.15) is 33.9 Å². The molecule has 0 spiro atoms. The minimum Gasteiger partial charge on any atom is -0.414 e. The van der Waals surface area contributed by atoms with Gasteiger partial charge in [0.2, 0.25) is 5.88 Å². The Morgan fingerprint density at radius 1 is 1.14 bits per heavy atom. The second kappa shape index (κ2) is 6.67. The third-order valence-corrected chi connectivity index (χ3v) is 4.32. The molecular formula is C16H12F6N4O3. The van der Waals surface area contributed by atoms with E-state index in [4.69, 9.17) is 4.74 Å². The Morgan fingerprint density at radius 2 is 1.69 bits per heavy atom. The largest absolute Gasteiger partial charge is 0.416 e. The number of nitro groups is 1. The molecule has 1 aromatic carbocycles. The zero-order valence-corrected chi connectivity index (χ0v) is 14.7. The molecule has 3 rings (SSSR count). The highest BCUT2D eigenvalue weighted by atomic mass is 19.4. The molecule has 13 heteroatoms. The average Bonchev–Trinajstić information content (AvgIpc) is 2.98. The Kier molecular flexibility index (Phi) is 4.71. The molecule has 29 heavy (non-hydrogen) atoms. The average molecular weight is 422 g/mol. The lowest BCUT2D eigenvalue weighted by molar-refractivity contribution is -0.432. The molecule has 0 aliphatic carbocycles. The van der Waals surface area contributed by atoms with Gasteiger partial charge in [0.1, 0.15) is 5.92 Å². The molecule has 0 saturated carbocycles. The molecule has 2 aromatic rings. The molecule has 7 nitrogen and oxygen atoms in total. The third kappa shape index (κ3) is 3.59. The highest BCUT2D eigenvalue weighted by molar-refractivity contribution is 5.51. The highest BCUT2D eigenvalue weighted by Gasteiger charge is 2.45. The summed E-state index contributed by atoms with van der Waals surface area (Å²) in [6.07, 6.45) is -10.2. The monoisotopic (exact) mass is 422 g/mol. The number of aryl methyl sites for hydroxylation is 1. The fraction of sp³-hybridized carbons (Fsp3) is 0.312. The number of hydrogen-bond acceptors (Lipinski definition) is 5. The van der Waals surface area contributed by atoms with Gasteiger partial charge in [0.15, 0.2) is 0 Å². The van der Waals surface area contributed by atoms with Crippen LogP contribution in [0.2, 0.25) is 0 Å². The normalized spacial score (nSPS) is 17.0. The smallest absolute Gasteiger partial charge is 0.414 e. The molecule has 1 aliphatic heterocycles. The maximum atomic E-state index is 13.2. The van der Waals surface area contributed by atoms with Crippen LogP contribution < -0.4 is 10.1 Å². The van der Waals surface area contributed by atoms with Crippen LogP contribution in [0, 0.1) is 17.0 Å². The Labute approximate surface area is 158 Å². The van der Waals surface area contributed by atoms with Crippen molar-refractivity contribution in [1.82, 2.24) is 15.5 Å². The zero-order chi connectivity index (χ0) is 21.7. The van der Waals surface area contributed by atoms with Gasteiger partial charge in [0.25, 0.3) is 5.88 Å². The quantitative estimate of drug-likeness (QED) is 0.444. The minimum absolute atomic E-state index is 0.0249. The number of ether oxygens (including phenoxy) is 1. The number of nitrogens with one attached hydrogen (secondary N) is 2. The van der Waals surface area contributed by atoms with Crippen molar-refractivity contribution in [3.05, 3.63) is 67.8 Å². The summed E-state index contributed by atoms with van der Waals surface area (Å²) in [4.78, 5) is 10.7. The van der Waals surface area contributed by atoms with E-state index in [0.717, 1.165) is 0 Å². The molecule has 2 N–H and O–H groups in total. The molecule has 0 radical (unpaired) electrons. The number of allylic oxidation sites excluding steroid dienone is 1. The summed E-state index contributed by atoms with van der Waals surface area (Å²) in [5.41, 5.74) is -4.29. The van der Waals surface area contributed by atoms with E-state index in [1.165, 1.54) is 14.0 Å². The van der Waals surface area contributed by atoms with Crippen LogP contribution in [0.15, 0.2) is 29.8 Å². The van der Waals surface area contributed by atoms with Crippen molar-refractivity contribution in [2.45, 2.75) is 25.2 Å². The predicted molar refractivity (Wildman–Crippen MR) is 85.3 cm³/mol. The minimum atomic E-state index is -5.10. The van der Waals surface area contributed by atoms with Crippen LogP contribution in [0.4, 0.5) is 26.3 Å². The number of benzene rings is 1. The summed E-state index contributed by atoms with van der Waals surface area (Å²) in [5, 5.41) is 20.3. The van der Waals surface area contributed by atoms with Gasteiger partial charge in [-0.3, -0.25) is 15.2 Å². The standard InChI is InChI=1S/C16H12F6N4O3/c1-6-10-11(12(26(27)28)14(23-2)29-13(10)25-24-6)7-3-8(15(17,18)19)5-9(4-7)16(20,21)22/h3-5,11,23H,1-2H3,(H,24,25). The molecule has 0 amide bonds. The number of H-pyrrole nitrogens is 1. The summed E-state index contributed by atoms with van der Waals surface area (Å²) in [5.74, 6) is -2.21. The van der Waals surface area contributed by atoms with Crippen LogP contribution in [0.3, 0.4) is 0 Å². The van der Waals surface area contributed by atoms with E-state index in [9.17, 15) is 36.5 Å². The van der Waals surface area contributed by atoms with E-state index >= 15 is 0 Å². The van der Waals surface area contributed by atoms with E-state index in [0.29, 0.717) is 12.1 Å². The van der Waals surface area contributed by atoms with Crippen LogP contribution >= 0.6 is 0 Å². The van der Waals surface area contributed by atoms with Crippen molar-refractivity contribution in [2.24, 2.45) is 0 Å². The first kappa shape index (κ1) is 20.5. The number of halogens is 6. The number of nitrogens with zero attached hydrogens (tertiary/aromatic N) is 2. The first-order valence-corrected chi connectivity index (χ1v) is 7.93. The second-order valence-electron chi connectivity index (χ2n) is 6.16. The van der Waals surface area contributed by atoms with Crippen LogP contribution in [0.25, 0.3) is 0 Å². The van der Waals surface area contributed by atoms with Crippen molar-refractivity contribution >= 4 is 0 Å². The van der Waals surface area contributed by atoms with Gasteiger partial charge in [-0.15, -0.1) is 5.10 Å². The molecule has 2 heterocycles. The van der Waals surface area contributed by atoms with Crippen LogP contribution in [0.5, 0.6) is 5.88 Å². The van der Waals surface area contributed by atoms with Gasteiger partial charge in [-0.2, -0.15) is 26.3 Å². The van der Waals surface area contributed by atoms with Crippen molar-refractivity contribution in [1.29, 1.82) is 0 Å². The fourth-order valence-electron chi connectivity index (χ4n) is 3.09. The summed E-state index contributed by atoms with van der Waals surface area (Å²) in [7, 11) is 1.26. The number of rotatable bonds is 3. The van der Waals surface area contributed by atoms with Gasteiger partial charge < -0.3 is 10.1 Å². The van der Waals surface area contributed by atoms with Crippen molar-refractivity contribution in [3.63, 3.8) is 0 Å². The fourth-order valence-corrected chi connectivity index (χ4v) is 3.09. The van der Waals surface area contributed by atoms with Gasteiger partial charge in [-0.25, -0.2) is 0 Å². The van der Waals surface area contributed by atoms with E-state index in [1.807, 2.05) is 0 Å². The summed E-state index contributed by atoms with van der Waals surface area (Å²) < 4.78 is 84.8.